The van der Waals surface area contributed by atoms with Crippen LogP contribution in [-0.2, 0) is 0 Å². The highest BCUT2D eigenvalue weighted by Gasteiger charge is 2.11. The van der Waals surface area contributed by atoms with Crippen LogP contribution >= 0.6 is 0 Å². The van der Waals surface area contributed by atoms with Crippen LogP contribution in [0.2, 0.25) is 0 Å². The number of aromatic nitrogens is 3. The lowest BCUT2D eigenvalue weighted by Crippen LogP contribution is -1.99. The Morgan fingerprint density at radius 2 is 1.20 bits per heavy atom. The maximum absolute atomic E-state index is 9.83. The molecule has 0 fully saturated rings. The smallest absolute Gasteiger partial charge is 0.164 e. The van der Waals surface area contributed by atoms with E-state index in [1.807, 2.05) is 20.8 Å². The van der Waals surface area contributed by atoms with E-state index in [1.54, 1.807) is 6.92 Å². The Morgan fingerprint density at radius 3 is 1.80 bits per heavy atom. The van der Waals surface area contributed by atoms with Gasteiger partial charge in [-0.1, -0.05) is 0 Å². The number of hydrogen-bond donors (Lipinski definition) is 1. The lowest BCUT2D eigenvalue weighted by molar-refractivity contribution is 0.472. The Morgan fingerprint density at radius 1 is 0.667 bits per heavy atom. The third kappa shape index (κ3) is 1.42. The molecule has 0 atom stereocenters. The minimum Gasteiger partial charge on any atom is -0.504 e. The molecule has 0 saturated carbocycles. The molecule has 0 bridgehead atoms. The molecule has 2 rings (SSSR count). The second kappa shape index (κ2) is 3.15. The molecule has 15 heavy (non-hydrogen) atoms. The summed E-state index contributed by atoms with van der Waals surface area (Å²) in [6, 6.07) is 0. The molecule has 0 radical (unpaired) electrons. The zero-order valence-corrected chi connectivity index (χ0v) is 9.29. The summed E-state index contributed by atoms with van der Waals surface area (Å²) < 4.78 is 0. The van der Waals surface area contributed by atoms with E-state index in [1.165, 1.54) is 0 Å². The van der Waals surface area contributed by atoms with Crippen LogP contribution < -0.4 is 0 Å². The summed E-state index contributed by atoms with van der Waals surface area (Å²) in [5, 5.41) is 9.83. The summed E-state index contributed by atoms with van der Waals surface area (Å²) in [6.07, 6.45) is 0. The fourth-order valence-electron chi connectivity index (χ4n) is 1.55. The van der Waals surface area contributed by atoms with Gasteiger partial charge in [-0.05, 0) is 27.7 Å². The van der Waals surface area contributed by atoms with Crippen molar-refractivity contribution in [3.8, 4) is 5.75 Å². The van der Waals surface area contributed by atoms with Crippen molar-refractivity contribution in [1.82, 2.24) is 15.0 Å². The zero-order chi connectivity index (χ0) is 11.2. The van der Waals surface area contributed by atoms with Crippen LogP contribution in [-0.4, -0.2) is 20.1 Å². The van der Waals surface area contributed by atoms with Gasteiger partial charge in [-0.2, -0.15) is 0 Å². The minimum atomic E-state index is 0.131. The summed E-state index contributed by atoms with van der Waals surface area (Å²) in [7, 11) is 0. The number of aryl methyl sites for hydroxylation is 4. The number of hydrogen-bond acceptors (Lipinski definition) is 4. The van der Waals surface area contributed by atoms with Gasteiger partial charge in [0.25, 0.3) is 0 Å². The lowest BCUT2D eigenvalue weighted by atomic mass is 10.2. The summed E-state index contributed by atoms with van der Waals surface area (Å²) in [5.74, 6) is 0.131. The number of aromatic hydroxyl groups is 1. The first-order chi connectivity index (χ1) is 7.00. The highest BCUT2D eigenvalue weighted by Crippen LogP contribution is 2.26. The van der Waals surface area contributed by atoms with Crippen molar-refractivity contribution in [3.05, 3.63) is 22.8 Å². The van der Waals surface area contributed by atoms with Crippen molar-refractivity contribution in [2.75, 3.05) is 0 Å². The first-order valence-corrected chi connectivity index (χ1v) is 4.82. The molecule has 4 nitrogen and oxygen atoms in total. The fraction of sp³-hybridized carbons (Fsp3) is 0.364. The molecule has 0 aliphatic heterocycles. The second-order valence-electron chi connectivity index (χ2n) is 3.72. The standard InChI is InChI=1S/C11H13N3O/c1-5-6(2)14-10-9(13-5)7(3)12-8(4)11(10)15/h15H,1-4H3. The van der Waals surface area contributed by atoms with Gasteiger partial charge in [0.1, 0.15) is 11.0 Å². The number of nitrogens with zero attached hydrogens (tertiary/aromatic N) is 3. The summed E-state index contributed by atoms with van der Waals surface area (Å²) in [5.41, 5.74) is 4.33. The second-order valence-corrected chi connectivity index (χ2v) is 3.72. The Labute approximate surface area is 88.0 Å². The maximum atomic E-state index is 9.83. The zero-order valence-electron chi connectivity index (χ0n) is 9.29. The summed E-state index contributed by atoms with van der Waals surface area (Å²) in [4.78, 5) is 13.0. The molecular weight excluding hydrogens is 190 g/mol. The van der Waals surface area contributed by atoms with Crippen LogP contribution in [0.15, 0.2) is 0 Å². The monoisotopic (exact) mass is 203 g/mol. The van der Waals surface area contributed by atoms with E-state index in [2.05, 4.69) is 15.0 Å². The number of pyridine rings is 1. The fourth-order valence-corrected chi connectivity index (χ4v) is 1.55. The van der Waals surface area contributed by atoms with Gasteiger partial charge in [-0.3, -0.25) is 4.98 Å². The van der Waals surface area contributed by atoms with Crippen LogP contribution in [0.1, 0.15) is 22.8 Å². The molecule has 0 unspecified atom stereocenters. The molecule has 2 aromatic heterocycles. The highest BCUT2D eigenvalue weighted by molar-refractivity contribution is 5.83. The minimum absolute atomic E-state index is 0.131. The van der Waals surface area contributed by atoms with Gasteiger partial charge in [0, 0.05) is 0 Å². The van der Waals surface area contributed by atoms with E-state index in [0.717, 1.165) is 17.1 Å². The number of rotatable bonds is 0. The molecule has 0 saturated heterocycles. The normalized spacial score (nSPS) is 10.9. The lowest BCUT2D eigenvalue weighted by Gasteiger charge is -2.07. The van der Waals surface area contributed by atoms with Crippen molar-refractivity contribution in [1.29, 1.82) is 0 Å². The van der Waals surface area contributed by atoms with Gasteiger partial charge in [0.2, 0.25) is 0 Å². The van der Waals surface area contributed by atoms with Crippen molar-refractivity contribution in [2.45, 2.75) is 27.7 Å². The first kappa shape index (κ1) is 9.83. The third-order valence-corrected chi connectivity index (χ3v) is 2.55. The van der Waals surface area contributed by atoms with Gasteiger partial charge in [-0.25, -0.2) is 9.97 Å². The average molecular weight is 203 g/mol. The predicted octanol–water partition coefficient (Wildman–Crippen LogP) is 1.96. The molecule has 0 aliphatic rings. The molecule has 2 aromatic rings. The van der Waals surface area contributed by atoms with Crippen molar-refractivity contribution in [3.63, 3.8) is 0 Å². The summed E-state index contributed by atoms with van der Waals surface area (Å²) >= 11 is 0. The van der Waals surface area contributed by atoms with Crippen LogP contribution in [0.4, 0.5) is 0 Å². The molecule has 78 valence electrons. The molecule has 0 spiro atoms. The van der Waals surface area contributed by atoms with Gasteiger partial charge in [0.15, 0.2) is 5.75 Å². The molecule has 1 N–H and O–H groups in total. The van der Waals surface area contributed by atoms with E-state index < -0.39 is 0 Å². The van der Waals surface area contributed by atoms with E-state index in [0.29, 0.717) is 16.7 Å². The Balaban J connectivity index is 2.97. The van der Waals surface area contributed by atoms with Crippen LogP contribution in [0, 0.1) is 27.7 Å². The van der Waals surface area contributed by atoms with Crippen LogP contribution in [0.3, 0.4) is 0 Å². The van der Waals surface area contributed by atoms with Crippen LogP contribution in [0.5, 0.6) is 5.75 Å². The highest BCUT2D eigenvalue weighted by atomic mass is 16.3. The topological polar surface area (TPSA) is 58.9 Å². The maximum Gasteiger partial charge on any atom is 0.164 e. The van der Waals surface area contributed by atoms with E-state index >= 15 is 0 Å². The van der Waals surface area contributed by atoms with E-state index in [-0.39, 0.29) is 5.75 Å². The Hall–Kier alpha value is -1.71. The van der Waals surface area contributed by atoms with Gasteiger partial charge < -0.3 is 5.11 Å². The van der Waals surface area contributed by atoms with Gasteiger partial charge in [0.05, 0.1) is 22.8 Å². The van der Waals surface area contributed by atoms with Crippen molar-refractivity contribution >= 4 is 11.0 Å². The molecule has 0 aromatic carbocycles. The first-order valence-electron chi connectivity index (χ1n) is 4.82. The van der Waals surface area contributed by atoms with Gasteiger partial charge >= 0.3 is 0 Å². The van der Waals surface area contributed by atoms with Crippen LogP contribution in [0.25, 0.3) is 11.0 Å². The largest absolute Gasteiger partial charge is 0.504 e. The molecular formula is C11H13N3O. The quantitative estimate of drug-likeness (QED) is 0.711. The molecule has 4 heteroatoms. The molecule has 0 amide bonds. The average Bonchev–Trinajstić information content (AvgIpc) is 2.18. The van der Waals surface area contributed by atoms with Crippen molar-refractivity contribution < 1.29 is 5.11 Å². The number of fused-ring (bicyclic) bond motifs is 1. The van der Waals surface area contributed by atoms with E-state index in [4.69, 9.17) is 0 Å². The predicted molar refractivity (Wildman–Crippen MR) is 57.9 cm³/mol. The van der Waals surface area contributed by atoms with E-state index in [9.17, 15) is 5.11 Å². The molecule has 2 heterocycles. The molecule has 0 aliphatic carbocycles. The Kier molecular flexibility index (Phi) is 2.07. The SMILES string of the molecule is Cc1nc2c(C)nc(C)c(O)c2nc1C. The van der Waals surface area contributed by atoms with Crippen molar-refractivity contribution in [2.24, 2.45) is 0 Å². The van der Waals surface area contributed by atoms with Gasteiger partial charge in [-0.15, -0.1) is 0 Å². The third-order valence-electron chi connectivity index (χ3n) is 2.55. The summed E-state index contributed by atoms with van der Waals surface area (Å²) in [6.45, 7) is 7.42. The Bertz CT molecular complexity index is 549.